The third-order valence-corrected chi connectivity index (χ3v) is 3.84. The molecule has 1 aromatic heterocycles. The van der Waals surface area contributed by atoms with E-state index in [0.29, 0.717) is 0 Å². The third-order valence-electron chi connectivity index (χ3n) is 3.84. The van der Waals surface area contributed by atoms with Crippen LogP contribution < -0.4 is 0 Å². The zero-order valence-electron chi connectivity index (χ0n) is 17.1. The van der Waals surface area contributed by atoms with Crippen LogP contribution in [0, 0.1) is 12.8 Å². The van der Waals surface area contributed by atoms with Gasteiger partial charge >= 0.3 is 0 Å². The first-order valence-corrected chi connectivity index (χ1v) is 9.57. The van der Waals surface area contributed by atoms with Gasteiger partial charge in [0.1, 0.15) is 6.29 Å². The van der Waals surface area contributed by atoms with Gasteiger partial charge in [0, 0.05) is 18.5 Å². The molecule has 3 nitrogen and oxygen atoms in total. The lowest BCUT2D eigenvalue weighted by molar-refractivity contribution is -0.105. The lowest BCUT2D eigenvalue weighted by Gasteiger charge is -2.16. The van der Waals surface area contributed by atoms with Crippen molar-refractivity contribution in [3.8, 4) is 0 Å². The monoisotopic (exact) mass is 347 g/mol. The van der Waals surface area contributed by atoms with E-state index < -0.39 is 0 Å². The Balaban J connectivity index is 0.000000845. The maximum Gasteiger partial charge on any atom is 0.146 e. The highest BCUT2D eigenvalue weighted by Crippen LogP contribution is 2.23. The van der Waals surface area contributed by atoms with Crippen LogP contribution in [0.5, 0.6) is 0 Å². The number of fused-ring (bicyclic) bond motifs is 1. The van der Waals surface area contributed by atoms with Crippen LogP contribution in [-0.4, -0.2) is 23.5 Å². The van der Waals surface area contributed by atoms with E-state index in [1.807, 2.05) is 13.0 Å². The summed E-state index contributed by atoms with van der Waals surface area (Å²) in [5.74, 6) is 0.833. The smallest absolute Gasteiger partial charge is 0.146 e. The van der Waals surface area contributed by atoms with Gasteiger partial charge in [-0.2, -0.15) is 0 Å². The van der Waals surface area contributed by atoms with Gasteiger partial charge in [-0.25, -0.2) is 0 Å². The fourth-order valence-electron chi connectivity index (χ4n) is 2.65. The van der Waals surface area contributed by atoms with E-state index in [0.717, 1.165) is 68.2 Å². The number of aliphatic hydroxyl groups is 1. The Kier molecular flexibility index (Phi) is 13.0. The molecule has 0 unspecified atom stereocenters. The van der Waals surface area contributed by atoms with Crippen molar-refractivity contribution in [1.29, 1.82) is 0 Å². The van der Waals surface area contributed by atoms with Crippen LogP contribution in [0.25, 0.3) is 6.08 Å². The van der Waals surface area contributed by atoms with E-state index in [1.165, 1.54) is 24.1 Å². The summed E-state index contributed by atoms with van der Waals surface area (Å²) in [6.45, 7) is 10.7. The van der Waals surface area contributed by atoms with Crippen molar-refractivity contribution in [3.05, 3.63) is 34.2 Å². The van der Waals surface area contributed by atoms with Gasteiger partial charge in [0.25, 0.3) is 0 Å². The highest BCUT2D eigenvalue weighted by atomic mass is 16.2. The molecule has 1 aliphatic rings. The molecular formula is C22H37NO2. The molecule has 2 rings (SSSR count). The number of nitrogens with zero attached hydrogens (tertiary/aromatic N) is 1. The number of pyridine rings is 1. The maximum absolute atomic E-state index is 11.1. The number of aryl methyl sites for hydroxylation is 3. The minimum atomic E-state index is 0.833. The highest BCUT2D eigenvalue weighted by Gasteiger charge is 2.12. The predicted molar refractivity (Wildman–Crippen MR) is 108 cm³/mol. The van der Waals surface area contributed by atoms with Gasteiger partial charge in [-0.1, -0.05) is 34.1 Å². The third kappa shape index (κ3) is 9.54. The van der Waals surface area contributed by atoms with Crippen LogP contribution in [0.1, 0.15) is 82.3 Å². The second kappa shape index (κ2) is 13.8. The number of aromatic nitrogens is 1. The van der Waals surface area contributed by atoms with Gasteiger partial charge in [0.2, 0.25) is 0 Å². The number of unbranched alkanes of at least 4 members (excludes halogenated alkanes) is 1. The molecule has 0 spiro atoms. The molecule has 1 aromatic rings. The molecule has 0 bridgehead atoms. The SMILES string of the molecule is CC(C)C.CCCC/C(C=O)=C\c1cc2c(nc1C)CCCC2.CO. The van der Waals surface area contributed by atoms with Crippen LogP contribution in [0.4, 0.5) is 0 Å². The Bertz CT molecular complexity index is 530. The summed E-state index contributed by atoms with van der Waals surface area (Å²) in [5, 5.41) is 7.00. The van der Waals surface area contributed by atoms with E-state index in [1.54, 1.807) is 0 Å². The minimum absolute atomic E-state index is 0.833. The number of carbonyl (C=O) groups excluding carboxylic acids is 1. The van der Waals surface area contributed by atoms with Crippen LogP contribution in [0.2, 0.25) is 0 Å². The summed E-state index contributed by atoms with van der Waals surface area (Å²) in [7, 11) is 1.00. The molecule has 0 aromatic carbocycles. The molecule has 0 saturated carbocycles. The first-order valence-electron chi connectivity index (χ1n) is 9.57. The topological polar surface area (TPSA) is 50.2 Å². The Morgan fingerprint density at radius 3 is 2.40 bits per heavy atom. The fraction of sp³-hybridized carbons (Fsp3) is 0.636. The molecule has 142 valence electrons. The quantitative estimate of drug-likeness (QED) is 0.580. The molecule has 0 fully saturated rings. The predicted octanol–water partition coefficient (Wildman–Crippen LogP) is 5.31. The largest absolute Gasteiger partial charge is 0.400 e. The van der Waals surface area contributed by atoms with Gasteiger partial charge in [-0.3, -0.25) is 9.78 Å². The second-order valence-electron chi connectivity index (χ2n) is 7.15. The first kappa shape index (κ1) is 23.5. The molecule has 3 heteroatoms. The zero-order valence-corrected chi connectivity index (χ0v) is 17.1. The summed E-state index contributed by atoms with van der Waals surface area (Å²) in [6.07, 6.45) is 10.8. The standard InChI is InChI=1S/C17H23NO.C4H10.CH4O/c1-3-4-7-14(12-19)10-16-11-15-8-5-6-9-17(15)18-13(16)2;1-4(2)3;1-2/h10-12H,3-9H2,1-2H3;4H,1-3H3;2H,1H3/b14-10+;;. The Morgan fingerprint density at radius 1 is 1.24 bits per heavy atom. The Hall–Kier alpha value is -1.48. The van der Waals surface area contributed by atoms with Crippen molar-refractivity contribution in [2.24, 2.45) is 5.92 Å². The van der Waals surface area contributed by atoms with Gasteiger partial charge in [0.05, 0.1) is 0 Å². The van der Waals surface area contributed by atoms with E-state index in [2.05, 4.69) is 33.8 Å². The average molecular weight is 348 g/mol. The molecule has 1 N–H and O–H groups in total. The van der Waals surface area contributed by atoms with Crippen molar-refractivity contribution < 1.29 is 9.90 Å². The maximum atomic E-state index is 11.1. The van der Waals surface area contributed by atoms with Crippen molar-refractivity contribution in [1.82, 2.24) is 4.98 Å². The number of rotatable bonds is 5. The van der Waals surface area contributed by atoms with Crippen LogP contribution in [0.15, 0.2) is 11.6 Å². The molecule has 1 aliphatic carbocycles. The van der Waals surface area contributed by atoms with Gasteiger partial charge in [-0.15, -0.1) is 0 Å². The van der Waals surface area contributed by atoms with E-state index in [9.17, 15) is 4.79 Å². The molecule has 0 aliphatic heterocycles. The second-order valence-corrected chi connectivity index (χ2v) is 7.15. The fourth-order valence-corrected chi connectivity index (χ4v) is 2.65. The summed E-state index contributed by atoms with van der Waals surface area (Å²) >= 11 is 0. The minimum Gasteiger partial charge on any atom is -0.400 e. The van der Waals surface area contributed by atoms with E-state index in [-0.39, 0.29) is 0 Å². The molecule has 25 heavy (non-hydrogen) atoms. The zero-order chi connectivity index (χ0) is 19.2. The first-order chi connectivity index (χ1) is 12.0. The van der Waals surface area contributed by atoms with Crippen LogP contribution >= 0.6 is 0 Å². The average Bonchev–Trinajstić information content (AvgIpc) is 2.60. The van der Waals surface area contributed by atoms with Crippen molar-refractivity contribution in [2.75, 3.05) is 7.11 Å². The summed E-state index contributed by atoms with van der Waals surface area (Å²) < 4.78 is 0. The van der Waals surface area contributed by atoms with Crippen LogP contribution in [0.3, 0.4) is 0 Å². The van der Waals surface area contributed by atoms with Crippen LogP contribution in [-0.2, 0) is 17.6 Å². The molecule has 0 amide bonds. The molecule has 0 saturated heterocycles. The number of aldehydes is 1. The van der Waals surface area contributed by atoms with E-state index >= 15 is 0 Å². The Labute approximate surface area is 154 Å². The lowest BCUT2D eigenvalue weighted by atomic mass is 9.93. The van der Waals surface area contributed by atoms with Gasteiger partial charge < -0.3 is 5.11 Å². The van der Waals surface area contributed by atoms with Crippen molar-refractivity contribution in [3.63, 3.8) is 0 Å². The highest BCUT2D eigenvalue weighted by molar-refractivity contribution is 5.82. The lowest BCUT2D eigenvalue weighted by Crippen LogP contribution is -2.07. The Morgan fingerprint density at radius 2 is 1.84 bits per heavy atom. The summed E-state index contributed by atoms with van der Waals surface area (Å²) in [4.78, 5) is 15.8. The van der Waals surface area contributed by atoms with Gasteiger partial charge in [0.15, 0.2) is 0 Å². The number of carbonyl (C=O) groups is 1. The normalized spacial score (nSPS) is 13.2. The summed E-state index contributed by atoms with van der Waals surface area (Å²) in [6, 6.07) is 2.24. The van der Waals surface area contributed by atoms with Crippen molar-refractivity contribution in [2.45, 2.75) is 79.6 Å². The number of hydrogen-bond donors (Lipinski definition) is 1. The van der Waals surface area contributed by atoms with Crippen molar-refractivity contribution >= 4 is 12.4 Å². The molecule has 0 atom stereocenters. The van der Waals surface area contributed by atoms with Gasteiger partial charge in [-0.05, 0) is 80.2 Å². The van der Waals surface area contributed by atoms with E-state index in [4.69, 9.17) is 10.1 Å². The summed E-state index contributed by atoms with van der Waals surface area (Å²) in [5.41, 5.74) is 5.71. The molecule has 0 radical (unpaired) electrons. The number of allylic oxidation sites excluding steroid dienone is 1. The number of aliphatic hydroxyl groups excluding tert-OH is 1. The molecule has 1 heterocycles. The molecular weight excluding hydrogens is 310 g/mol. The number of hydrogen-bond acceptors (Lipinski definition) is 3.